The van der Waals surface area contributed by atoms with E-state index in [0.29, 0.717) is 24.2 Å². The molecule has 2 N–H and O–H groups in total. The number of hydrogen-bond donors (Lipinski definition) is 2. The summed E-state index contributed by atoms with van der Waals surface area (Å²) in [6.45, 7) is 4.17. The zero-order valence-electron chi connectivity index (χ0n) is 21.8. The van der Waals surface area contributed by atoms with Gasteiger partial charge in [0.05, 0.1) is 25.0 Å². The van der Waals surface area contributed by atoms with Crippen LogP contribution in [0.1, 0.15) is 64.4 Å². The number of hydrogen-bond acceptors (Lipinski definition) is 7. The Morgan fingerprint density at radius 1 is 1.16 bits per heavy atom. The molecule has 8 nitrogen and oxygen atoms in total. The number of phenols is 1. The van der Waals surface area contributed by atoms with Crippen molar-refractivity contribution in [2.45, 2.75) is 71.2 Å². The summed E-state index contributed by atoms with van der Waals surface area (Å²) in [6.07, 6.45) is 6.04. The lowest BCUT2D eigenvalue weighted by Gasteiger charge is -2.43. The van der Waals surface area contributed by atoms with Gasteiger partial charge < -0.3 is 19.5 Å². The van der Waals surface area contributed by atoms with Crippen molar-refractivity contribution in [3.8, 4) is 5.75 Å². The summed E-state index contributed by atoms with van der Waals surface area (Å²) >= 11 is 0. The van der Waals surface area contributed by atoms with Gasteiger partial charge in [0.25, 0.3) is 0 Å². The lowest BCUT2D eigenvalue weighted by molar-refractivity contribution is -0.137. The number of para-hydroxylation sites is 1. The molecule has 3 aliphatic rings. The highest BCUT2D eigenvalue weighted by molar-refractivity contribution is 6.43. The van der Waals surface area contributed by atoms with Gasteiger partial charge in [-0.2, -0.15) is 4.90 Å². The molecule has 2 saturated heterocycles. The molecule has 9 heteroatoms. The Morgan fingerprint density at radius 2 is 1.92 bits per heavy atom. The van der Waals surface area contributed by atoms with E-state index in [0.717, 1.165) is 49.5 Å². The van der Waals surface area contributed by atoms with Crippen molar-refractivity contribution < 1.29 is 33.9 Å². The summed E-state index contributed by atoms with van der Waals surface area (Å²) in [6, 6.07) is 7.22. The molecule has 0 radical (unpaired) electrons. The number of likely N-dealkylation sites (tertiary alicyclic amines) is 1. The average molecular weight is 509 g/mol. The molecule has 0 spiro atoms. The number of carbonyl (C=O) groups excluding carboxylic acids is 3. The third-order valence-electron chi connectivity index (χ3n) is 7.81. The van der Waals surface area contributed by atoms with Crippen LogP contribution in [0.2, 0.25) is 6.32 Å². The van der Waals surface area contributed by atoms with Gasteiger partial charge >= 0.3 is 13.2 Å². The molecule has 0 saturated carbocycles. The van der Waals surface area contributed by atoms with Crippen molar-refractivity contribution in [1.82, 2.24) is 4.90 Å². The van der Waals surface area contributed by atoms with Crippen molar-refractivity contribution in [2.75, 3.05) is 7.11 Å². The molecule has 4 rings (SSSR count). The van der Waals surface area contributed by atoms with Crippen LogP contribution in [0.15, 0.2) is 41.0 Å². The van der Waals surface area contributed by atoms with Crippen LogP contribution in [0.4, 0.5) is 4.79 Å². The molecule has 37 heavy (non-hydrogen) atoms. The zero-order valence-corrected chi connectivity index (χ0v) is 21.8. The van der Waals surface area contributed by atoms with Gasteiger partial charge in [-0.05, 0) is 56.0 Å². The van der Waals surface area contributed by atoms with Crippen LogP contribution in [-0.4, -0.2) is 53.3 Å². The minimum atomic E-state index is -1.06. The Hall–Kier alpha value is -2.91. The second kappa shape index (κ2) is 11.6. The fourth-order valence-electron chi connectivity index (χ4n) is 6.31. The molecule has 2 heterocycles. The van der Waals surface area contributed by atoms with E-state index in [1.165, 1.54) is 5.57 Å². The van der Waals surface area contributed by atoms with E-state index in [1.54, 1.807) is 12.1 Å². The topological polar surface area (TPSA) is 113 Å². The number of allylic oxidation sites excluding steroid dienone is 2. The van der Waals surface area contributed by atoms with Crippen molar-refractivity contribution in [1.29, 1.82) is 0 Å². The maximum atomic E-state index is 13.3. The molecular formula is C28H36BNO7. The van der Waals surface area contributed by atoms with Crippen LogP contribution in [0.3, 0.4) is 0 Å². The summed E-state index contributed by atoms with van der Waals surface area (Å²) in [5.41, 5.74) is 4.04. The number of fused-ring (bicyclic) bond motifs is 3. The number of rotatable bonds is 8. The van der Waals surface area contributed by atoms with Crippen LogP contribution in [0.5, 0.6) is 5.75 Å². The lowest BCUT2D eigenvalue weighted by atomic mass is 9.58. The van der Waals surface area contributed by atoms with Gasteiger partial charge in [0.1, 0.15) is 5.75 Å². The largest absolute Gasteiger partial charge is 0.507 e. The molecule has 1 aromatic rings. The second-order valence-electron chi connectivity index (χ2n) is 10.2. The monoisotopic (exact) mass is 509 g/mol. The third-order valence-corrected chi connectivity index (χ3v) is 7.81. The number of nitrogens with zero attached hydrogens (tertiary/aromatic N) is 1. The molecule has 4 atom stereocenters. The van der Waals surface area contributed by atoms with Gasteiger partial charge in [-0.25, -0.2) is 4.79 Å². The van der Waals surface area contributed by atoms with E-state index < -0.39 is 43.0 Å². The molecule has 0 aromatic heterocycles. The molecule has 1 aliphatic carbocycles. The van der Waals surface area contributed by atoms with E-state index >= 15 is 0 Å². The van der Waals surface area contributed by atoms with E-state index in [1.807, 2.05) is 18.2 Å². The lowest BCUT2D eigenvalue weighted by Crippen LogP contribution is -2.46. The van der Waals surface area contributed by atoms with Crippen molar-refractivity contribution in [3.05, 3.63) is 46.5 Å². The van der Waals surface area contributed by atoms with Gasteiger partial charge in [0.15, 0.2) is 0 Å². The number of phenolic OH excluding ortho intramolecular Hbond substituents is 1. The van der Waals surface area contributed by atoms with Gasteiger partial charge in [-0.1, -0.05) is 62.1 Å². The summed E-state index contributed by atoms with van der Waals surface area (Å²) in [5.74, 6) is -2.51. The maximum absolute atomic E-state index is 13.3. The van der Waals surface area contributed by atoms with Crippen LogP contribution >= 0.6 is 0 Å². The Balaban J connectivity index is 1.64. The summed E-state index contributed by atoms with van der Waals surface area (Å²) in [4.78, 5) is 39.3. The Morgan fingerprint density at radius 3 is 2.59 bits per heavy atom. The van der Waals surface area contributed by atoms with E-state index in [2.05, 4.69) is 13.8 Å². The molecule has 2 aliphatic heterocycles. The van der Waals surface area contributed by atoms with Crippen molar-refractivity contribution >= 4 is 31.1 Å². The number of amides is 3. The zero-order chi connectivity index (χ0) is 26.7. The van der Waals surface area contributed by atoms with Crippen LogP contribution < -0.4 is 0 Å². The smallest absolute Gasteiger partial charge is 0.455 e. The first-order valence-electron chi connectivity index (χ1n) is 13.3. The molecule has 1 aromatic carbocycles. The van der Waals surface area contributed by atoms with Crippen LogP contribution in [0.25, 0.3) is 6.08 Å². The first kappa shape index (κ1) is 27.1. The highest BCUT2D eigenvalue weighted by Gasteiger charge is 2.59. The third kappa shape index (κ3) is 5.38. The molecular weight excluding hydrogens is 473 g/mol. The van der Waals surface area contributed by atoms with Crippen molar-refractivity contribution in [3.63, 3.8) is 0 Å². The fraction of sp³-hybridized carbons (Fsp3) is 0.536. The van der Waals surface area contributed by atoms with Gasteiger partial charge in [-0.3, -0.25) is 9.59 Å². The summed E-state index contributed by atoms with van der Waals surface area (Å²) in [5, 5.41) is 20.9. The number of ether oxygens (including phenoxy) is 1. The maximum Gasteiger partial charge on any atom is 0.455 e. The normalized spacial score (nSPS) is 25.9. The molecule has 2 fully saturated rings. The van der Waals surface area contributed by atoms with Gasteiger partial charge in [-0.15, -0.1) is 0 Å². The average Bonchev–Trinajstić information content (AvgIpc) is 3.12. The molecule has 3 amide bonds. The fourth-order valence-corrected chi connectivity index (χ4v) is 6.31. The Bertz CT molecular complexity index is 1110. The first-order chi connectivity index (χ1) is 17.8. The predicted octanol–water partition coefficient (Wildman–Crippen LogP) is 4.72. The van der Waals surface area contributed by atoms with E-state index in [-0.39, 0.29) is 18.0 Å². The van der Waals surface area contributed by atoms with E-state index in [4.69, 9.17) is 9.39 Å². The van der Waals surface area contributed by atoms with Crippen LogP contribution in [-0.2, 0) is 19.0 Å². The standard InChI is InChI=1S/C28H36BNO7/c1-4-8-17(14-18-10-6-7-11-22(18)31)12-13-23-24-19(9-5-2)15-20-25(21(24)16-29(35)37-23)27(33)30(26(20)32)28(34)36-3/h6-7,10-11,14,20-21,23,25,31,35H,4-5,8-9,12-13,15-16H2,1-3H3/b17-14+/t20-,21+,23-,25-/m1/s1. The Labute approximate surface area is 218 Å². The van der Waals surface area contributed by atoms with E-state index in [9.17, 15) is 24.5 Å². The first-order valence-corrected chi connectivity index (χ1v) is 13.3. The second-order valence-corrected chi connectivity index (χ2v) is 10.2. The van der Waals surface area contributed by atoms with Gasteiger partial charge in [0.2, 0.25) is 11.8 Å². The number of methoxy groups -OCH3 is 1. The predicted molar refractivity (Wildman–Crippen MR) is 139 cm³/mol. The number of imide groups is 3. The molecule has 198 valence electrons. The summed E-state index contributed by atoms with van der Waals surface area (Å²) < 4.78 is 10.8. The number of carbonyl (C=O) groups is 3. The number of aromatic hydroxyl groups is 1. The Kier molecular flexibility index (Phi) is 8.54. The van der Waals surface area contributed by atoms with Crippen LogP contribution in [0, 0.1) is 17.8 Å². The van der Waals surface area contributed by atoms with Gasteiger partial charge in [0, 0.05) is 5.56 Å². The SMILES string of the molecule is CCCC1=C2[C@@H](CC/C(=C/c3ccccc3O)CCC)OB(O)C[C@@H]2[C@@H]2C(=O)N(C(=O)OC)C(=O)[C@@H]2C1. The molecule has 0 bridgehead atoms. The summed E-state index contributed by atoms with van der Waals surface area (Å²) in [7, 11) is 0.0919. The molecule has 0 unspecified atom stereocenters. The highest BCUT2D eigenvalue weighted by Crippen LogP contribution is 2.51. The minimum Gasteiger partial charge on any atom is -0.507 e. The minimum absolute atomic E-state index is 0.212. The van der Waals surface area contributed by atoms with Crippen molar-refractivity contribution in [2.24, 2.45) is 17.8 Å². The quantitative estimate of drug-likeness (QED) is 0.296. The highest BCUT2D eigenvalue weighted by atomic mass is 16.5. The number of benzene rings is 1.